The molecule has 0 amide bonds. The molecule has 0 spiro atoms. The van der Waals surface area contributed by atoms with Crippen LogP contribution in [0.4, 0.5) is 0 Å². The van der Waals surface area contributed by atoms with Crippen molar-refractivity contribution < 1.29 is 0 Å². The number of rotatable bonds is 4. The number of hydrogen-bond donors (Lipinski definition) is 2. The first-order valence-electron chi connectivity index (χ1n) is 24.7. The first kappa shape index (κ1) is 48.1. The number of aromatic nitrogens is 4. The molecule has 7 aromatic rings. The molecule has 0 saturated heterocycles. The van der Waals surface area contributed by atoms with E-state index in [1.54, 1.807) is 0 Å². The largest absolute Gasteiger partial charge is 0.354 e. The number of nitrogens with zero attached hydrogens (tertiary/aromatic N) is 2. The predicted molar refractivity (Wildman–Crippen MR) is 308 cm³/mol. The van der Waals surface area contributed by atoms with Crippen molar-refractivity contribution in [1.29, 1.82) is 0 Å². The maximum atomic E-state index is 5.70. The van der Waals surface area contributed by atoms with Gasteiger partial charge >= 0.3 is 0 Å². The summed E-state index contributed by atoms with van der Waals surface area (Å²) in [5, 5.41) is 0. The highest BCUT2D eigenvalue weighted by atomic mass is 28.3. The van der Waals surface area contributed by atoms with E-state index in [1.807, 2.05) is 0 Å². The number of aryl methyl sites for hydroxylation is 10. The Morgan fingerprint density at radius 2 is 0.557 bits per heavy atom. The Balaban J connectivity index is 1.49. The van der Waals surface area contributed by atoms with Crippen LogP contribution in [-0.2, 0) is 0 Å². The van der Waals surface area contributed by atoms with E-state index in [-0.39, 0.29) is 0 Å². The van der Waals surface area contributed by atoms with Crippen molar-refractivity contribution in [2.75, 3.05) is 0 Å². The molecule has 70 heavy (non-hydrogen) atoms. The molecule has 0 atom stereocenters. The fourth-order valence-corrected chi connectivity index (χ4v) is 11.8. The fraction of sp³-hybridized carbons (Fsp3) is 0.250. The summed E-state index contributed by atoms with van der Waals surface area (Å²) in [6, 6.07) is 27.1. The maximum Gasteiger partial charge on any atom is 0.129 e. The average Bonchev–Trinajstić information content (AvgIpc) is 4.10. The summed E-state index contributed by atoms with van der Waals surface area (Å²) in [7, 11) is -3.18. The van der Waals surface area contributed by atoms with Gasteiger partial charge in [0, 0.05) is 55.4 Å². The van der Waals surface area contributed by atoms with Gasteiger partial charge in [0.2, 0.25) is 0 Å². The molecule has 2 N–H and O–H groups in total. The Kier molecular flexibility index (Phi) is 12.4. The monoisotopic (exact) mass is 946 g/mol. The third-order valence-corrected chi connectivity index (χ3v) is 15.1. The molecule has 2 aliphatic rings. The molecular formula is C64H66N4Si2. The number of hydrogen-bond acceptors (Lipinski definition) is 2. The number of benzene rings is 4. The zero-order chi connectivity index (χ0) is 50.1. The van der Waals surface area contributed by atoms with Gasteiger partial charge in [-0.05, 0) is 209 Å². The molecular weight excluding hydrogens is 881 g/mol. The Labute approximate surface area is 418 Å². The molecule has 0 aliphatic carbocycles. The minimum absolute atomic E-state index is 0.906. The van der Waals surface area contributed by atoms with Gasteiger partial charge in [-0.25, -0.2) is 9.97 Å². The standard InChI is InChI=1S/C64H66N4Si2/c1-37-29-39(3)57(40(4)30-37)61-49-17-21-53(65-49)63(59-43(7)33-47(34-44(59)8)25-27-69(11,12)13)55-23-19-51(67-55)62(58-41(5)31-38(2)32-42(58)6)52-20-24-56(68-52)64(54-22-18-50(61)66-54)60-45(9)35-48(36-46(60)10)26-28-70(14,15)16/h17-24,29-36,65,68H,1-16H3. The number of nitrogens with one attached hydrogen (secondary N) is 2. The molecule has 5 heterocycles. The van der Waals surface area contributed by atoms with Crippen molar-refractivity contribution in [2.24, 2.45) is 0 Å². The first-order chi connectivity index (χ1) is 33.0. The third kappa shape index (κ3) is 9.39. The first-order valence-corrected chi connectivity index (χ1v) is 31.7. The lowest BCUT2D eigenvalue weighted by molar-refractivity contribution is 1.27. The van der Waals surface area contributed by atoms with E-state index in [0.717, 1.165) is 112 Å². The quantitative estimate of drug-likeness (QED) is 0.136. The van der Waals surface area contributed by atoms with E-state index in [9.17, 15) is 0 Å². The second-order valence-corrected chi connectivity index (χ2v) is 31.5. The Hall–Kier alpha value is -6.97. The molecule has 0 radical (unpaired) electrons. The zero-order valence-electron chi connectivity index (χ0n) is 44.1. The number of H-pyrrole nitrogens is 2. The Bertz CT molecular complexity index is 3400. The molecule has 4 aromatic carbocycles. The van der Waals surface area contributed by atoms with Crippen molar-refractivity contribution in [2.45, 2.75) is 109 Å². The highest BCUT2D eigenvalue weighted by molar-refractivity contribution is 6.84. The smallest absolute Gasteiger partial charge is 0.129 e. The summed E-state index contributed by atoms with van der Waals surface area (Å²) >= 11 is 0. The van der Waals surface area contributed by atoms with Crippen LogP contribution in [0.2, 0.25) is 39.3 Å². The van der Waals surface area contributed by atoms with Crippen molar-refractivity contribution in [3.8, 4) is 67.4 Å². The highest BCUT2D eigenvalue weighted by Gasteiger charge is 2.24. The summed E-state index contributed by atoms with van der Waals surface area (Å²) in [4.78, 5) is 19.5. The minimum atomic E-state index is -1.59. The molecule has 2 aliphatic heterocycles. The van der Waals surface area contributed by atoms with Crippen molar-refractivity contribution in [3.05, 3.63) is 162 Å². The molecule has 9 rings (SSSR count). The van der Waals surface area contributed by atoms with Crippen LogP contribution in [0.25, 0.3) is 90.9 Å². The second-order valence-electron chi connectivity index (χ2n) is 22.0. The van der Waals surface area contributed by atoms with Crippen molar-refractivity contribution >= 4 is 62.5 Å². The Morgan fingerprint density at radius 1 is 0.329 bits per heavy atom. The van der Waals surface area contributed by atoms with Crippen LogP contribution in [0, 0.1) is 92.2 Å². The summed E-state index contributed by atoms with van der Waals surface area (Å²) in [6.07, 6.45) is 8.85. The number of aromatic amines is 2. The van der Waals surface area contributed by atoms with Crippen molar-refractivity contribution in [1.82, 2.24) is 19.9 Å². The van der Waals surface area contributed by atoms with E-state index < -0.39 is 16.1 Å². The molecule has 4 nitrogen and oxygen atoms in total. The van der Waals surface area contributed by atoms with Gasteiger partial charge in [-0.1, -0.05) is 86.5 Å². The van der Waals surface area contributed by atoms with Crippen LogP contribution in [0.15, 0.2) is 72.8 Å². The van der Waals surface area contributed by atoms with Crippen LogP contribution < -0.4 is 0 Å². The highest BCUT2D eigenvalue weighted by Crippen LogP contribution is 2.43. The molecule has 0 unspecified atom stereocenters. The minimum Gasteiger partial charge on any atom is -0.354 e. The van der Waals surface area contributed by atoms with Crippen LogP contribution >= 0.6 is 0 Å². The molecule has 6 heteroatoms. The average molecular weight is 947 g/mol. The van der Waals surface area contributed by atoms with E-state index in [1.165, 1.54) is 44.5 Å². The summed E-state index contributed by atoms with van der Waals surface area (Å²) in [5.74, 6) is 7.09. The Morgan fingerprint density at radius 3 is 0.786 bits per heavy atom. The van der Waals surface area contributed by atoms with Gasteiger partial charge in [-0.2, -0.15) is 0 Å². The van der Waals surface area contributed by atoms with Gasteiger partial charge in [-0.15, -0.1) is 11.1 Å². The van der Waals surface area contributed by atoms with Gasteiger partial charge in [0.25, 0.3) is 0 Å². The van der Waals surface area contributed by atoms with Crippen LogP contribution in [0.5, 0.6) is 0 Å². The third-order valence-electron chi connectivity index (χ3n) is 13.3. The molecule has 0 saturated carbocycles. The van der Waals surface area contributed by atoms with E-state index >= 15 is 0 Å². The van der Waals surface area contributed by atoms with E-state index in [0.29, 0.717) is 0 Å². The molecule has 0 fully saturated rings. The predicted octanol–water partition coefficient (Wildman–Crippen LogP) is 16.9. The molecule has 3 aromatic heterocycles. The van der Waals surface area contributed by atoms with Gasteiger partial charge in [-0.3, -0.25) is 0 Å². The van der Waals surface area contributed by atoms with Crippen molar-refractivity contribution in [3.63, 3.8) is 0 Å². The number of fused-ring (bicyclic) bond motifs is 8. The zero-order valence-corrected chi connectivity index (χ0v) is 46.1. The summed E-state index contributed by atoms with van der Waals surface area (Å²) < 4.78 is 0. The SMILES string of the molecule is Cc1cc(C)c(-c2c3nc(c(-c4c(C)cc(C#C[Si](C)(C)C)cc4C)c4ccc([nH]4)c(-c4c(C)cc(C)cc4C)c4nc(c(-c5c(C)cc(C#C[Si](C)(C)C)cc5C)c5ccc2[nH]5)C=C4)C=C3)c(C)c1. The van der Waals surface area contributed by atoms with Crippen LogP contribution in [-0.4, -0.2) is 36.1 Å². The topological polar surface area (TPSA) is 57.4 Å². The van der Waals surface area contributed by atoms with Crippen LogP contribution in [0.3, 0.4) is 0 Å². The summed E-state index contributed by atoms with van der Waals surface area (Å²) in [5.41, 5.74) is 37.8. The molecule has 8 bridgehead atoms. The fourth-order valence-electron chi connectivity index (χ4n) is 10.8. The maximum absolute atomic E-state index is 5.70. The van der Waals surface area contributed by atoms with Gasteiger partial charge in [0.15, 0.2) is 0 Å². The van der Waals surface area contributed by atoms with E-state index in [2.05, 4.69) is 239 Å². The summed E-state index contributed by atoms with van der Waals surface area (Å²) in [6.45, 7) is 35.9. The van der Waals surface area contributed by atoms with Gasteiger partial charge in [0.1, 0.15) is 16.1 Å². The van der Waals surface area contributed by atoms with Gasteiger partial charge in [0.05, 0.1) is 22.8 Å². The molecule has 350 valence electrons. The second kappa shape index (κ2) is 18.1. The normalized spacial score (nSPS) is 12.2. The van der Waals surface area contributed by atoms with E-state index in [4.69, 9.17) is 9.97 Å². The van der Waals surface area contributed by atoms with Crippen LogP contribution in [0.1, 0.15) is 89.5 Å². The van der Waals surface area contributed by atoms with Gasteiger partial charge < -0.3 is 9.97 Å². The lowest BCUT2D eigenvalue weighted by atomic mass is 9.92. The lowest BCUT2D eigenvalue weighted by Crippen LogP contribution is -2.16. The lowest BCUT2D eigenvalue weighted by Gasteiger charge is -2.15.